The van der Waals surface area contributed by atoms with Crippen LogP contribution in [-0.4, -0.2) is 30.6 Å². The number of halogens is 1. The number of ketones is 1. The SMILES string of the molecule is CCCCCCC[C@H]1C(=O)C=C(I)[C@H]1OCCCCC(=O)OC(C)C. The van der Waals surface area contributed by atoms with Gasteiger partial charge < -0.3 is 9.47 Å². The quantitative estimate of drug-likeness (QED) is 0.209. The molecule has 0 radical (unpaired) electrons. The molecule has 0 bridgehead atoms. The van der Waals surface area contributed by atoms with Crippen LogP contribution >= 0.6 is 22.6 Å². The van der Waals surface area contributed by atoms with E-state index in [1.807, 2.05) is 13.8 Å². The van der Waals surface area contributed by atoms with Crippen molar-refractivity contribution >= 4 is 34.3 Å². The largest absolute Gasteiger partial charge is 0.463 e. The van der Waals surface area contributed by atoms with Crippen molar-refractivity contribution in [2.24, 2.45) is 5.92 Å². The van der Waals surface area contributed by atoms with Crippen molar-refractivity contribution in [1.29, 1.82) is 0 Å². The zero-order chi connectivity index (χ0) is 18.7. The van der Waals surface area contributed by atoms with Gasteiger partial charge in [0.1, 0.15) is 0 Å². The number of ether oxygens (including phenoxy) is 2. The molecule has 25 heavy (non-hydrogen) atoms. The van der Waals surface area contributed by atoms with Crippen molar-refractivity contribution in [1.82, 2.24) is 0 Å². The van der Waals surface area contributed by atoms with E-state index in [9.17, 15) is 9.59 Å². The number of carbonyl (C=O) groups excluding carboxylic acids is 2. The predicted molar refractivity (Wildman–Crippen MR) is 109 cm³/mol. The summed E-state index contributed by atoms with van der Waals surface area (Å²) in [5, 5.41) is 0. The summed E-state index contributed by atoms with van der Waals surface area (Å²) in [6, 6.07) is 0. The normalized spacial score (nSPS) is 20.2. The molecule has 5 heteroatoms. The van der Waals surface area contributed by atoms with Gasteiger partial charge >= 0.3 is 5.97 Å². The lowest BCUT2D eigenvalue weighted by molar-refractivity contribution is -0.147. The highest BCUT2D eigenvalue weighted by Crippen LogP contribution is 2.33. The summed E-state index contributed by atoms with van der Waals surface area (Å²) in [5.74, 6) is 0.0512. The Kier molecular flexibility index (Phi) is 11.6. The van der Waals surface area contributed by atoms with Crippen LogP contribution in [-0.2, 0) is 19.1 Å². The molecule has 0 unspecified atom stereocenters. The number of allylic oxidation sites excluding steroid dienone is 1. The van der Waals surface area contributed by atoms with Gasteiger partial charge in [-0.3, -0.25) is 9.59 Å². The van der Waals surface area contributed by atoms with Crippen LogP contribution in [0.4, 0.5) is 0 Å². The van der Waals surface area contributed by atoms with E-state index in [0.717, 1.165) is 29.3 Å². The molecule has 0 saturated carbocycles. The zero-order valence-corrected chi connectivity index (χ0v) is 18.0. The fourth-order valence-electron chi connectivity index (χ4n) is 3.03. The maximum atomic E-state index is 12.2. The zero-order valence-electron chi connectivity index (χ0n) is 15.9. The molecule has 0 aliphatic heterocycles. The summed E-state index contributed by atoms with van der Waals surface area (Å²) in [7, 11) is 0. The highest BCUT2D eigenvalue weighted by Gasteiger charge is 2.35. The first-order chi connectivity index (χ1) is 12.0. The van der Waals surface area contributed by atoms with Crippen molar-refractivity contribution in [3.05, 3.63) is 9.66 Å². The molecular weight excluding hydrogens is 431 g/mol. The van der Waals surface area contributed by atoms with E-state index < -0.39 is 0 Å². The number of unbranched alkanes of at least 4 members (excludes halogenated alkanes) is 5. The Bertz CT molecular complexity index is 445. The molecule has 0 N–H and O–H groups in total. The van der Waals surface area contributed by atoms with Gasteiger partial charge in [-0.15, -0.1) is 0 Å². The van der Waals surface area contributed by atoms with Gasteiger partial charge in [-0.2, -0.15) is 0 Å². The Hall–Kier alpha value is -0.430. The molecule has 2 atom stereocenters. The average molecular weight is 464 g/mol. The number of esters is 1. The Morgan fingerprint density at radius 1 is 1.16 bits per heavy atom. The molecule has 1 aliphatic rings. The number of hydrogen-bond donors (Lipinski definition) is 0. The van der Waals surface area contributed by atoms with Gasteiger partial charge in [0.2, 0.25) is 0 Å². The molecule has 0 spiro atoms. The van der Waals surface area contributed by atoms with Crippen LogP contribution in [0.25, 0.3) is 0 Å². The average Bonchev–Trinajstić information content (AvgIpc) is 2.80. The maximum absolute atomic E-state index is 12.2. The number of rotatable bonds is 13. The molecule has 0 amide bonds. The minimum absolute atomic E-state index is 0.0144. The van der Waals surface area contributed by atoms with E-state index >= 15 is 0 Å². The summed E-state index contributed by atoms with van der Waals surface area (Å²) in [6.45, 7) is 6.50. The number of carbonyl (C=O) groups is 2. The van der Waals surface area contributed by atoms with Crippen LogP contribution in [0.3, 0.4) is 0 Å². The molecule has 0 heterocycles. The van der Waals surface area contributed by atoms with E-state index in [2.05, 4.69) is 29.5 Å². The monoisotopic (exact) mass is 464 g/mol. The molecule has 0 aromatic heterocycles. The van der Waals surface area contributed by atoms with Crippen molar-refractivity contribution in [2.75, 3.05) is 6.61 Å². The third-order valence-electron chi connectivity index (χ3n) is 4.34. The lowest BCUT2D eigenvalue weighted by atomic mass is 9.95. The second-order valence-electron chi connectivity index (χ2n) is 7.03. The van der Waals surface area contributed by atoms with Crippen molar-refractivity contribution in [3.8, 4) is 0 Å². The molecule has 0 aromatic rings. The van der Waals surface area contributed by atoms with Crippen LogP contribution < -0.4 is 0 Å². The molecule has 0 fully saturated rings. The summed E-state index contributed by atoms with van der Waals surface area (Å²) >= 11 is 2.22. The van der Waals surface area contributed by atoms with Crippen LogP contribution in [0, 0.1) is 5.92 Å². The van der Waals surface area contributed by atoms with E-state index in [-0.39, 0.29) is 29.9 Å². The van der Waals surface area contributed by atoms with Gasteiger partial charge in [-0.25, -0.2) is 0 Å². The second kappa shape index (κ2) is 12.8. The Labute approximate surface area is 166 Å². The second-order valence-corrected chi connectivity index (χ2v) is 8.27. The Morgan fingerprint density at radius 2 is 1.88 bits per heavy atom. The maximum Gasteiger partial charge on any atom is 0.306 e. The minimum Gasteiger partial charge on any atom is -0.463 e. The van der Waals surface area contributed by atoms with Gasteiger partial charge in [0, 0.05) is 16.6 Å². The molecule has 0 saturated heterocycles. The first-order valence-electron chi connectivity index (χ1n) is 9.67. The molecule has 1 rings (SSSR count). The summed E-state index contributed by atoms with van der Waals surface area (Å²) < 4.78 is 12.1. The van der Waals surface area contributed by atoms with Gasteiger partial charge in [0.15, 0.2) is 5.78 Å². The smallest absolute Gasteiger partial charge is 0.306 e. The molecular formula is C20H33IO4. The van der Waals surface area contributed by atoms with Crippen molar-refractivity contribution in [3.63, 3.8) is 0 Å². The van der Waals surface area contributed by atoms with Crippen LogP contribution in [0.15, 0.2) is 9.66 Å². The topological polar surface area (TPSA) is 52.6 Å². The predicted octanol–water partition coefficient (Wildman–Crippen LogP) is 5.37. The Morgan fingerprint density at radius 3 is 2.56 bits per heavy atom. The van der Waals surface area contributed by atoms with Crippen LogP contribution in [0.2, 0.25) is 0 Å². The lowest BCUT2D eigenvalue weighted by Crippen LogP contribution is -2.25. The van der Waals surface area contributed by atoms with Gasteiger partial charge in [0.05, 0.1) is 18.1 Å². The fraction of sp³-hybridized carbons (Fsp3) is 0.800. The standard InChI is InChI=1S/C20H33IO4/c1-4-5-6-7-8-11-16-18(22)14-17(21)20(16)24-13-10-9-12-19(23)25-15(2)3/h14-16,20H,4-13H2,1-3H3/t16-,20-/m0/s1. The molecule has 144 valence electrons. The molecule has 1 aliphatic carbocycles. The highest BCUT2D eigenvalue weighted by molar-refractivity contribution is 14.1. The van der Waals surface area contributed by atoms with Gasteiger partial charge in [-0.1, -0.05) is 39.0 Å². The number of hydrogen-bond acceptors (Lipinski definition) is 4. The minimum atomic E-state index is -0.148. The highest BCUT2D eigenvalue weighted by atomic mass is 127. The van der Waals surface area contributed by atoms with Gasteiger partial charge in [-0.05, 0) is 61.8 Å². The van der Waals surface area contributed by atoms with E-state index in [1.54, 1.807) is 6.08 Å². The first-order valence-corrected chi connectivity index (χ1v) is 10.8. The van der Waals surface area contributed by atoms with E-state index in [4.69, 9.17) is 9.47 Å². The van der Waals surface area contributed by atoms with Gasteiger partial charge in [0.25, 0.3) is 0 Å². The third kappa shape index (κ3) is 9.18. The summed E-state index contributed by atoms with van der Waals surface area (Å²) in [5.41, 5.74) is 0. The molecule has 4 nitrogen and oxygen atoms in total. The summed E-state index contributed by atoms with van der Waals surface area (Å²) in [4.78, 5) is 23.7. The van der Waals surface area contributed by atoms with Crippen molar-refractivity contribution in [2.45, 2.75) is 90.8 Å². The lowest BCUT2D eigenvalue weighted by Gasteiger charge is -2.20. The van der Waals surface area contributed by atoms with Crippen molar-refractivity contribution < 1.29 is 19.1 Å². The fourth-order valence-corrected chi connectivity index (χ4v) is 3.95. The van der Waals surface area contributed by atoms with E-state index in [1.165, 1.54) is 25.7 Å². The Balaban J connectivity index is 2.25. The van der Waals surface area contributed by atoms with Crippen LogP contribution in [0.5, 0.6) is 0 Å². The summed E-state index contributed by atoms with van der Waals surface area (Å²) in [6.07, 6.45) is 10.6. The van der Waals surface area contributed by atoms with Crippen LogP contribution in [0.1, 0.15) is 78.6 Å². The third-order valence-corrected chi connectivity index (χ3v) is 5.27. The van der Waals surface area contributed by atoms with E-state index in [0.29, 0.717) is 13.0 Å². The molecule has 0 aromatic carbocycles. The first kappa shape index (κ1) is 22.6.